The largest absolute Gasteiger partial charge is 0.478 e. The molecule has 21 heavy (non-hydrogen) atoms. The first kappa shape index (κ1) is 14.4. The van der Waals surface area contributed by atoms with Crippen LogP contribution in [0.2, 0.25) is 0 Å². The topological polar surface area (TPSA) is 96.6 Å². The molecule has 7 nitrogen and oxygen atoms in total. The van der Waals surface area contributed by atoms with Gasteiger partial charge in [0.2, 0.25) is 0 Å². The zero-order valence-electron chi connectivity index (χ0n) is 11.5. The van der Waals surface area contributed by atoms with Gasteiger partial charge in [-0.15, -0.1) is 0 Å². The normalized spacial score (nSPS) is 10.2. The Morgan fingerprint density at radius 3 is 2.62 bits per heavy atom. The van der Waals surface area contributed by atoms with Crippen LogP contribution in [0.4, 0.5) is 17.2 Å². The van der Waals surface area contributed by atoms with Gasteiger partial charge in [0, 0.05) is 18.8 Å². The summed E-state index contributed by atoms with van der Waals surface area (Å²) in [6.07, 6.45) is 1.05. The minimum Gasteiger partial charge on any atom is -0.478 e. The Hall–Kier alpha value is -2.96. The summed E-state index contributed by atoms with van der Waals surface area (Å²) in [5.41, 5.74) is 1.15. The first-order chi connectivity index (χ1) is 9.91. The number of rotatable bonds is 4. The zero-order valence-corrected chi connectivity index (χ0v) is 11.5. The van der Waals surface area contributed by atoms with Crippen molar-refractivity contribution in [3.05, 3.63) is 57.8 Å². The Labute approximate surface area is 120 Å². The lowest BCUT2D eigenvalue weighted by Crippen LogP contribution is -2.17. The van der Waals surface area contributed by atoms with Crippen LogP contribution in [-0.2, 0) is 0 Å². The second-order valence-corrected chi connectivity index (χ2v) is 4.47. The summed E-state index contributed by atoms with van der Waals surface area (Å²) in [5, 5.41) is 20.0. The molecule has 0 amide bonds. The van der Waals surface area contributed by atoms with Crippen LogP contribution in [0.3, 0.4) is 0 Å². The average molecular weight is 287 g/mol. The van der Waals surface area contributed by atoms with Crippen molar-refractivity contribution < 1.29 is 14.8 Å². The molecule has 7 heteroatoms. The highest BCUT2D eigenvalue weighted by Crippen LogP contribution is 2.29. The van der Waals surface area contributed by atoms with E-state index in [0.717, 1.165) is 23.5 Å². The monoisotopic (exact) mass is 287 g/mol. The molecular formula is C14H13N3O4. The van der Waals surface area contributed by atoms with Crippen molar-refractivity contribution in [3.8, 4) is 0 Å². The van der Waals surface area contributed by atoms with E-state index in [0.29, 0.717) is 0 Å². The van der Waals surface area contributed by atoms with Crippen LogP contribution in [0, 0.1) is 17.0 Å². The summed E-state index contributed by atoms with van der Waals surface area (Å²) >= 11 is 0. The Balaban J connectivity index is 2.55. The quantitative estimate of drug-likeness (QED) is 0.686. The van der Waals surface area contributed by atoms with E-state index in [-0.39, 0.29) is 17.1 Å². The lowest BCUT2D eigenvalue weighted by molar-refractivity contribution is -0.385. The second kappa shape index (κ2) is 5.58. The van der Waals surface area contributed by atoms with Gasteiger partial charge in [-0.25, -0.2) is 9.78 Å². The first-order valence-corrected chi connectivity index (χ1v) is 6.09. The Morgan fingerprint density at radius 2 is 2.05 bits per heavy atom. The fourth-order valence-corrected chi connectivity index (χ4v) is 2.02. The standard InChI is InChI=1S/C14H13N3O4/c1-9-5-3-4-6-12(9)16(2)13-11(14(18)19)7-10(8-15-13)17(20)21/h3-8H,1-2H3,(H,18,19). The molecule has 1 aromatic carbocycles. The molecule has 0 aliphatic carbocycles. The molecule has 0 bridgehead atoms. The number of carbonyl (C=O) groups is 1. The van der Waals surface area contributed by atoms with Crippen molar-refractivity contribution in [1.29, 1.82) is 0 Å². The van der Waals surface area contributed by atoms with Crippen LogP contribution in [0.1, 0.15) is 15.9 Å². The van der Waals surface area contributed by atoms with E-state index in [1.807, 2.05) is 31.2 Å². The lowest BCUT2D eigenvalue weighted by Gasteiger charge is -2.21. The highest BCUT2D eigenvalue weighted by atomic mass is 16.6. The van der Waals surface area contributed by atoms with E-state index in [1.54, 1.807) is 11.9 Å². The van der Waals surface area contributed by atoms with E-state index >= 15 is 0 Å². The van der Waals surface area contributed by atoms with Crippen molar-refractivity contribution in [1.82, 2.24) is 4.98 Å². The van der Waals surface area contributed by atoms with Gasteiger partial charge in [0.25, 0.3) is 5.69 Å². The highest BCUT2D eigenvalue weighted by Gasteiger charge is 2.21. The third-order valence-electron chi connectivity index (χ3n) is 3.09. The maximum absolute atomic E-state index is 11.3. The number of benzene rings is 1. The van der Waals surface area contributed by atoms with Gasteiger partial charge in [0.1, 0.15) is 17.6 Å². The number of carboxylic acids is 1. The smallest absolute Gasteiger partial charge is 0.339 e. The number of carboxylic acid groups (broad SMARTS) is 1. The second-order valence-electron chi connectivity index (χ2n) is 4.47. The lowest BCUT2D eigenvalue weighted by atomic mass is 10.1. The molecule has 0 atom stereocenters. The molecular weight excluding hydrogens is 274 g/mol. The van der Waals surface area contributed by atoms with Crippen molar-refractivity contribution in [2.24, 2.45) is 0 Å². The molecule has 1 heterocycles. The molecule has 2 rings (SSSR count). The molecule has 2 aromatic rings. The number of pyridine rings is 1. The average Bonchev–Trinajstić information content (AvgIpc) is 2.46. The number of nitro groups is 1. The third kappa shape index (κ3) is 2.81. The summed E-state index contributed by atoms with van der Waals surface area (Å²) in [5.74, 6) is -1.11. The molecule has 1 aromatic heterocycles. The van der Waals surface area contributed by atoms with Crippen LogP contribution in [0.15, 0.2) is 36.5 Å². The van der Waals surface area contributed by atoms with E-state index in [4.69, 9.17) is 0 Å². The van der Waals surface area contributed by atoms with Crippen LogP contribution < -0.4 is 4.90 Å². The number of hydrogen-bond donors (Lipinski definition) is 1. The van der Waals surface area contributed by atoms with Crippen molar-refractivity contribution in [3.63, 3.8) is 0 Å². The van der Waals surface area contributed by atoms with E-state index < -0.39 is 10.9 Å². The third-order valence-corrected chi connectivity index (χ3v) is 3.09. The number of nitrogens with zero attached hydrogens (tertiary/aromatic N) is 3. The van der Waals surface area contributed by atoms with Gasteiger partial charge in [-0.1, -0.05) is 18.2 Å². The fraction of sp³-hybridized carbons (Fsp3) is 0.143. The Bertz CT molecular complexity index is 715. The summed E-state index contributed by atoms with van der Waals surface area (Å²) in [4.78, 5) is 26.9. The minimum absolute atomic E-state index is 0.155. The summed E-state index contributed by atoms with van der Waals surface area (Å²) in [7, 11) is 1.67. The molecule has 0 aliphatic heterocycles. The van der Waals surface area contributed by atoms with Gasteiger partial charge in [0.05, 0.1) is 4.92 Å². The number of aryl methyl sites for hydroxylation is 1. The van der Waals surface area contributed by atoms with Crippen LogP contribution in [-0.4, -0.2) is 28.0 Å². The highest BCUT2D eigenvalue weighted by molar-refractivity contribution is 5.95. The number of hydrogen-bond acceptors (Lipinski definition) is 5. The van der Waals surface area contributed by atoms with Crippen molar-refractivity contribution in [2.75, 3.05) is 11.9 Å². The van der Waals surface area contributed by atoms with Gasteiger partial charge in [0.15, 0.2) is 0 Å². The minimum atomic E-state index is -1.26. The number of aromatic nitrogens is 1. The van der Waals surface area contributed by atoms with Gasteiger partial charge >= 0.3 is 5.97 Å². The van der Waals surface area contributed by atoms with Gasteiger partial charge in [-0.2, -0.15) is 0 Å². The molecule has 0 aliphatic rings. The van der Waals surface area contributed by atoms with Crippen molar-refractivity contribution >= 4 is 23.2 Å². The predicted octanol–water partition coefficient (Wildman–Crippen LogP) is 2.76. The molecule has 0 fully saturated rings. The van der Waals surface area contributed by atoms with Crippen LogP contribution in [0.5, 0.6) is 0 Å². The van der Waals surface area contributed by atoms with Gasteiger partial charge in [-0.3, -0.25) is 10.1 Å². The number of aromatic carboxylic acids is 1. The fourth-order valence-electron chi connectivity index (χ4n) is 2.02. The number of para-hydroxylation sites is 1. The van der Waals surface area contributed by atoms with Crippen LogP contribution >= 0.6 is 0 Å². The predicted molar refractivity (Wildman–Crippen MR) is 77.1 cm³/mol. The maximum atomic E-state index is 11.3. The summed E-state index contributed by atoms with van der Waals surface area (Å²) in [6, 6.07) is 8.42. The molecule has 0 radical (unpaired) electrons. The first-order valence-electron chi connectivity index (χ1n) is 6.09. The van der Waals surface area contributed by atoms with E-state index in [2.05, 4.69) is 4.98 Å². The summed E-state index contributed by atoms with van der Waals surface area (Å²) < 4.78 is 0. The SMILES string of the molecule is Cc1ccccc1N(C)c1ncc([N+](=O)[O-])cc1C(=O)O. The zero-order chi connectivity index (χ0) is 15.6. The molecule has 1 N–H and O–H groups in total. The Morgan fingerprint density at radius 1 is 1.38 bits per heavy atom. The molecule has 108 valence electrons. The van der Waals surface area contributed by atoms with Gasteiger partial charge in [-0.05, 0) is 18.6 Å². The molecule has 0 unspecified atom stereocenters. The number of anilines is 2. The summed E-state index contributed by atoms with van der Waals surface area (Å²) in [6.45, 7) is 1.89. The maximum Gasteiger partial charge on any atom is 0.339 e. The molecule has 0 saturated heterocycles. The van der Waals surface area contributed by atoms with E-state index in [9.17, 15) is 20.0 Å². The van der Waals surface area contributed by atoms with Crippen molar-refractivity contribution in [2.45, 2.75) is 6.92 Å². The molecule has 0 spiro atoms. The molecule has 0 saturated carbocycles. The van der Waals surface area contributed by atoms with Crippen LogP contribution in [0.25, 0.3) is 0 Å². The van der Waals surface area contributed by atoms with Gasteiger partial charge < -0.3 is 10.0 Å². The van der Waals surface area contributed by atoms with E-state index in [1.165, 1.54) is 0 Å². The Kier molecular flexibility index (Phi) is 3.84.